The van der Waals surface area contributed by atoms with Gasteiger partial charge in [-0.15, -0.1) is 0 Å². The summed E-state index contributed by atoms with van der Waals surface area (Å²) >= 11 is 0. The van der Waals surface area contributed by atoms with Crippen molar-refractivity contribution in [3.63, 3.8) is 0 Å². The quantitative estimate of drug-likeness (QED) is 0.605. The lowest BCUT2D eigenvalue weighted by atomic mass is 9.52. The third kappa shape index (κ3) is 2.58. The molecule has 1 heterocycles. The Hall–Kier alpha value is -1.77. The highest BCUT2D eigenvalue weighted by molar-refractivity contribution is 5.88. The van der Waals surface area contributed by atoms with Crippen LogP contribution in [-0.4, -0.2) is 16.7 Å². The molecule has 29 heavy (non-hydrogen) atoms. The number of hydrogen-bond donors (Lipinski definition) is 1. The number of carbonyl (C=O) groups is 1. The summed E-state index contributed by atoms with van der Waals surface area (Å²) in [6, 6.07) is 5.85. The van der Waals surface area contributed by atoms with Gasteiger partial charge in [0, 0.05) is 10.8 Å². The molecule has 1 aliphatic heterocycles. The summed E-state index contributed by atoms with van der Waals surface area (Å²) in [5.74, 6) is 2.15. The zero-order valence-corrected chi connectivity index (χ0v) is 18.1. The Morgan fingerprint density at radius 3 is 2.62 bits per heavy atom. The molecule has 1 saturated heterocycles. The average molecular weight is 395 g/mol. The Morgan fingerprint density at radius 1 is 1.10 bits per heavy atom. The fourth-order valence-electron chi connectivity index (χ4n) is 7.46. The molecule has 3 fully saturated rings. The van der Waals surface area contributed by atoms with Crippen molar-refractivity contribution >= 4 is 5.97 Å². The van der Waals surface area contributed by atoms with E-state index < -0.39 is 5.97 Å². The molecular weight excluding hydrogens is 360 g/mol. The molecule has 0 bridgehead atoms. The number of aryl methyl sites for hydroxylation is 1. The first kappa shape index (κ1) is 19.2. The molecule has 0 radical (unpaired) electrons. The van der Waals surface area contributed by atoms with Gasteiger partial charge >= 0.3 is 5.97 Å². The lowest BCUT2D eigenvalue weighted by Crippen LogP contribution is -2.54. The van der Waals surface area contributed by atoms with Crippen LogP contribution in [0.2, 0.25) is 0 Å². The summed E-state index contributed by atoms with van der Waals surface area (Å²) < 4.78 is 6.75. The first-order chi connectivity index (χ1) is 13.7. The first-order valence-electron chi connectivity index (χ1n) is 11.4. The van der Waals surface area contributed by atoms with Crippen molar-refractivity contribution in [2.24, 2.45) is 22.7 Å². The SMILES string of the molecule is C=C1O[C@]2(CCC3C4CCc5cc(C(=O)O)ccc5C4CC[C@@]32C)CCC1(C)C. The number of aromatic carboxylic acids is 1. The van der Waals surface area contributed by atoms with Gasteiger partial charge in [0.2, 0.25) is 0 Å². The van der Waals surface area contributed by atoms with Crippen LogP contribution >= 0.6 is 0 Å². The Morgan fingerprint density at radius 2 is 1.90 bits per heavy atom. The maximum Gasteiger partial charge on any atom is 0.335 e. The van der Waals surface area contributed by atoms with Crippen LogP contribution in [0.3, 0.4) is 0 Å². The van der Waals surface area contributed by atoms with E-state index in [4.69, 9.17) is 4.74 Å². The van der Waals surface area contributed by atoms with E-state index in [1.807, 2.05) is 12.1 Å². The Balaban J connectivity index is 1.45. The lowest BCUT2D eigenvalue weighted by molar-refractivity contribution is -0.158. The molecule has 1 spiro atoms. The van der Waals surface area contributed by atoms with Gasteiger partial charge in [0.15, 0.2) is 0 Å². The molecule has 0 amide bonds. The summed E-state index contributed by atoms with van der Waals surface area (Å²) in [6.07, 6.45) is 9.34. The highest BCUT2D eigenvalue weighted by atomic mass is 16.5. The van der Waals surface area contributed by atoms with Crippen LogP contribution in [0.15, 0.2) is 30.5 Å². The van der Waals surface area contributed by atoms with E-state index in [0.717, 1.165) is 25.0 Å². The van der Waals surface area contributed by atoms with Gasteiger partial charge < -0.3 is 9.84 Å². The minimum Gasteiger partial charge on any atom is -0.491 e. The fraction of sp³-hybridized carbons (Fsp3) is 0.654. The van der Waals surface area contributed by atoms with E-state index in [2.05, 4.69) is 33.4 Å². The van der Waals surface area contributed by atoms with Crippen molar-refractivity contribution in [3.05, 3.63) is 47.2 Å². The molecule has 1 aromatic carbocycles. The molecule has 3 heteroatoms. The van der Waals surface area contributed by atoms with Crippen molar-refractivity contribution in [3.8, 4) is 0 Å². The van der Waals surface area contributed by atoms with Crippen LogP contribution in [0.25, 0.3) is 0 Å². The van der Waals surface area contributed by atoms with Gasteiger partial charge in [-0.1, -0.05) is 33.4 Å². The lowest BCUT2D eigenvalue weighted by Gasteiger charge is -2.57. The molecule has 3 nitrogen and oxygen atoms in total. The highest BCUT2D eigenvalue weighted by Gasteiger charge is 2.64. The largest absolute Gasteiger partial charge is 0.491 e. The molecule has 156 valence electrons. The zero-order chi connectivity index (χ0) is 20.6. The van der Waals surface area contributed by atoms with Gasteiger partial charge in [-0.25, -0.2) is 4.79 Å². The van der Waals surface area contributed by atoms with Gasteiger partial charge in [-0.05, 0) is 92.4 Å². The maximum absolute atomic E-state index is 11.4. The van der Waals surface area contributed by atoms with Gasteiger partial charge in [0.1, 0.15) is 5.60 Å². The predicted molar refractivity (Wildman–Crippen MR) is 114 cm³/mol. The molecule has 5 rings (SSSR count). The van der Waals surface area contributed by atoms with Crippen LogP contribution in [0.4, 0.5) is 0 Å². The van der Waals surface area contributed by atoms with Crippen molar-refractivity contribution < 1.29 is 14.6 Å². The zero-order valence-electron chi connectivity index (χ0n) is 18.1. The number of fused-ring (bicyclic) bond motifs is 6. The molecule has 0 aromatic heterocycles. The second-order valence-electron chi connectivity index (χ2n) is 11.0. The van der Waals surface area contributed by atoms with Crippen LogP contribution in [-0.2, 0) is 11.2 Å². The number of ether oxygens (including phenoxy) is 1. The van der Waals surface area contributed by atoms with E-state index in [9.17, 15) is 9.90 Å². The third-order valence-corrected chi connectivity index (χ3v) is 9.49. The van der Waals surface area contributed by atoms with Crippen LogP contribution in [0.5, 0.6) is 0 Å². The Labute approximate surface area is 174 Å². The topological polar surface area (TPSA) is 46.5 Å². The summed E-state index contributed by atoms with van der Waals surface area (Å²) in [6.45, 7) is 11.4. The van der Waals surface area contributed by atoms with Gasteiger partial charge in [-0.3, -0.25) is 0 Å². The monoisotopic (exact) mass is 394 g/mol. The minimum atomic E-state index is -0.818. The number of carboxylic acid groups (broad SMARTS) is 1. The summed E-state index contributed by atoms with van der Waals surface area (Å²) in [5, 5.41) is 9.35. The number of hydrogen-bond acceptors (Lipinski definition) is 2. The van der Waals surface area contributed by atoms with E-state index >= 15 is 0 Å². The van der Waals surface area contributed by atoms with Crippen LogP contribution in [0, 0.1) is 22.7 Å². The average Bonchev–Trinajstić information content (AvgIpc) is 2.97. The maximum atomic E-state index is 11.4. The van der Waals surface area contributed by atoms with Crippen LogP contribution < -0.4 is 0 Å². The van der Waals surface area contributed by atoms with E-state index in [0.29, 0.717) is 23.3 Å². The summed E-state index contributed by atoms with van der Waals surface area (Å²) in [4.78, 5) is 11.4. The summed E-state index contributed by atoms with van der Waals surface area (Å²) in [5.41, 5.74) is 3.41. The Bertz CT molecular complexity index is 884. The second-order valence-corrected chi connectivity index (χ2v) is 11.0. The summed E-state index contributed by atoms with van der Waals surface area (Å²) in [7, 11) is 0. The number of rotatable bonds is 1. The van der Waals surface area contributed by atoms with Gasteiger partial charge in [-0.2, -0.15) is 0 Å². The molecule has 2 saturated carbocycles. The number of carboxylic acids is 1. The van der Waals surface area contributed by atoms with E-state index in [1.54, 1.807) is 0 Å². The smallest absolute Gasteiger partial charge is 0.335 e. The first-order valence-corrected chi connectivity index (χ1v) is 11.4. The molecule has 1 aromatic rings. The van der Waals surface area contributed by atoms with Crippen LogP contribution in [0.1, 0.15) is 93.1 Å². The van der Waals surface area contributed by atoms with Crippen molar-refractivity contribution in [1.29, 1.82) is 0 Å². The number of allylic oxidation sites excluding steroid dienone is 1. The second kappa shape index (κ2) is 6.12. The molecule has 5 atom stereocenters. The Kier molecular flexibility index (Phi) is 4.05. The highest BCUT2D eigenvalue weighted by Crippen LogP contribution is 2.68. The normalized spacial score (nSPS) is 40.0. The van der Waals surface area contributed by atoms with Crippen molar-refractivity contribution in [1.82, 2.24) is 0 Å². The number of benzene rings is 1. The minimum absolute atomic E-state index is 0.0251. The molecule has 3 aliphatic carbocycles. The van der Waals surface area contributed by atoms with E-state index in [1.165, 1.54) is 43.2 Å². The third-order valence-electron chi connectivity index (χ3n) is 9.49. The predicted octanol–water partition coefficient (Wildman–Crippen LogP) is 6.33. The molecular formula is C26H34O3. The van der Waals surface area contributed by atoms with Gasteiger partial charge in [0.25, 0.3) is 0 Å². The van der Waals surface area contributed by atoms with Crippen molar-refractivity contribution in [2.45, 2.75) is 83.7 Å². The fourth-order valence-corrected chi connectivity index (χ4v) is 7.46. The molecule has 3 unspecified atom stereocenters. The molecule has 1 N–H and O–H groups in total. The van der Waals surface area contributed by atoms with Gasteiger partial charge in [0.05, 0.1) is 11.3 Å². The van der Waals surface area contributed by atoms with Crippen molar-refractivity contribution in [2.75, 3.05) is 0 Å². The van der Waals surface area contributed by atoms with E-state index in [-0.39, 0.29) is 16.4 Å². The molecule has 4 aliphatic rings. The standard InChI is InChI=1S/C26H34O3/c1-16-24(2,3)13-14-26(29-16)12-10-22-21-8-5-17-15-18(23(27)28)6-7-19(17)20(21)9-11-25(22,26)4/h6-7,15,20-22H,1,5,8-14H2,2-4H3,(H,27,28)/t20?,21?,22?,25-,26+/m0/s1.